The molecule has 1 saturated carbocycles. The maximum Gasteiger partial charge on any atom is 0.240 e. The molecule has 2 aromatic carbocycles. The van der Waals surface area contributed by atoms with Gasteiger partial charge in [-0.3, -0.25) is 4.79 Å². The fraction of sp³-hybridized carbons (Fsp3) is 0.316. The zero-order valence-electron chi connectivity index (χ0n) is 12.7. The van der Waals surface area contributed by atoms with E-state index in [9.17, 15) is 4.79 Å². The van der Waals surface area contributed by atoms with Crippen LogP contribution in [0.1, 0.15) is 29.9 Å². The minimum absolute atomic E-state index is 0.0125. The molecule has 0 aromatic heterocycles. The molecular formula is C19H22N2O. The third-order valence-electron chi connectivity index (χ3n) is 4.35. The SMILES string of the molecule is NC1(C(=O)NCC(Cc2ccccc2)c2ccccc2)CC1. The predicted octanol–water partition coefficient (Wildman–Crippen LogP) is 2.62. The van der Waals surface area contributed by atoms with Crippen LogP contribution in [0.5, 0.6) is 0 Å². The smallest absolute Gasteiger partial charge is 0.240 e. The van der Waals surface area contributed by atoms with E-state index in [0.29, 0.717) is 6.54 Å². The molecule has 1 atom stereocenters. The molecule has 0 saturated heterocycles. The van der Waals surface area contributed by atoms with Gasteiger partial charge in [0.2, 0.25) is 5.91 Å². The molecule has 3 heteroatoms. The number of nitrogens with one attached hydrogen (secondary N) is 1. The molecule has 0 bridgehead atoms. The van der Waals surface area contributed by atoms with Crippen LogP contribution >= 0.6 is 0 Å². The zero-order chi connectivity index (χ0) is 15.4. The van der Waals surface area contributed by atoms with Crippen LogP contribution < -0.4 is 11.1 Å². The minimum Gasteiger partial charge on any atom is -0.354 e. The number of benzene rings is 2. The molecule has 0 spiro atoms. The lowest BCUT2D eigenvalue weighted by Crippen LogP contribution is -2.44. The number of hydrogen-bond donors (Lipinski definition) is 2. The van der Waals surface area contributed by atoms with Crippen molar-refractivity contribution in [2.45, 2.75) is 30.7 Å². The predicted molar refractivity (Wildman–Crippen MR) is 88.5 cm³/mol. The van der Waals surface area contributed by atoms with Crippen LogP contribution in [0.15, 0.2) is 60.7 Å². The summed E-state index contributed by atoms with van der Waals surface area (Å²) in [7, 11) is 0. The topological polar surface area (TPSA) is 55.1 Å². The van der Waals surface area contributed by atoms with E-state index in [2.05, 4.69) is 41.7 Å². The van der Waals surface area contributed by atoms with E-state index in [0.717, 1.165) is 19.3 Å². The van der Waals surface area contributed by atoms with Gasteiger partial charge in [-0.25, -0.2) is 0 Å². The highest BCUT2D eigenvalue weighted by Gasteiger charge is 2.45. The van der Waals surface area contributed by atoms with Crippen LogP contribution in [-0.4, -0.2) is 18.0 Å². The molecule has 0 radical (unpaired) electrons. The van der Waals surface area contributed by atoms with Crippen molar-refractivity contribution in [3.8, 4) is 0 Å². The van der Waals surface area contributed by atoms with E-state index in [1.807, 2.05) is 24.3 Å². The Hall–Kier alpha value is -2.13. The van der Waals surface area contributed by atoms with Crippen molar-refractivity contribution >= 4 is 5.91 Å². The number of hydrogen-bond acceptors (Lipinski definition) is 2. The van der Waals surface area contributed by atoms with Gasteiger partial charge in [-0.2, -0.15) is 0 Å². The second kappa shape index (κ2) is 6.32. The molecule has 1 aliphatic rings. The van der Waals surface area contributed by atoms with Crippen LogP contribution in [0.25, 0.3) is 0 Å². The Balaban J connectivity index is 1.70. The number of nitrogens with two attached hydrogens (primary N) is 1. The van der Waals surface area contributed by atoms with Crippen molar-refractivity contribution < 1.29 is 4.79 Å². The first-order chi connectivity index (χ1) is 10.7. The lowest BCUT2D eigenvalue weighted by atomic mass is 9.92. The van der Waals surface area contributed by atoms with Gasteiger partial charge in [0.1, 0.15) is 0 Å². The summed E-state index contributed by atoms with van der Waals surface area (Å²) in [5.74, 6) is 0.247. The Bertz CT molecular complexity index is 620. The summed E-state index contributed by atoms with van der Waals surface area (Å²) in [5, 5.41) is 3.04. The first-order valence-corrected chi connectivity index (χ1v) is 7.83. The molecule has 1 fully saturated rings. The van der Waals surface area contributed by atoms with Crippen LogP contribution in [0.2, 0.25) is 0 Å². The van der Waals surface area contributed by atoms with Gasteiger partial charge in [-0.1, -0.05) is 60.7 Å². The molecular weight excluding hydrogens is 272 g/mol. The van der Waals surface area contributed by atoms with E-state index in [4.69, 9.17) is 5.73 Å². The monoisotopic (exact) mass is 294 g/mol. The number of carbonyl (C=O) groups is 1. The molecule has 3 rings (SSSR count). The molecule has 3 N–H and O–H groups in total. The van der Waals surface area contributed by atoms with Gasteiger partial charge in [-0.15, -0.1) is 0 Å². The zero-order valence-corrected chi connectivity index (χ0v) is 12.7. The highest BCUT2D eigenvalue weighted by Crippen LogP contribution is 2.32. The second-order valence-corrected chi connectivity index (χ2v) is 6.16. The lowest BCUT2D eigenvalue weighted by molar-refractivity contribution is -0.123. The number of amides is 1. The fourth-order valence-corrected chi connectivity index (χ4v) is 2.69. The standard InChI is InChI=1S/C19H22N2O/c20-19(11-12-19)18(22)21-14-17(16-9-5-2-6-10-16)13-15-7-3-1-4-8-15/h1-10,17H,11-14,20H2,(H,21,22). The maximum absolute atomic E-state index is 12.1. The van der Waals surface area contributed by atoms with Crippen LogP contribution in [0.4, 0.5) is 0 Å². The van der Waals surface area contributed by atoms with Crippen molar-refractivity contribution in [3.05, 3.63) is 71.8 Å². The largest absolute Gasteiger partial charge is 0.354 e. The maximum atomic E-state index is 12.1. The van der Waals surface area contributed by atoms with E-state index in [1.165, 1.54) is 11.1 Å². The summed E-state index contributed by atoms with van der Waals surface area (Å²) in [5.41, 5.74) is 7.87. The summed E-state index contributed by atoms with van der Waals surface area (Å²) < 4.78 is 0. The summed E-state index contributed by atoms with van der Waals surface area (Å²) in [4.78, 5) is 12.1. The van der Waals surface area contributed by atoms with Gasteiger partial charge in [0, 0.05) is 12.5 Å². The Kier molecular flexibility index (Phi) is 4.25. The molecule has 3 nitrogen and oxygen atoms in total. The average molecular weight is 294 g/mol. The Morgan fingerprint density at radius 2 is 1.64 bits per heavy atom. The van der Waals surface area contributed by atoms with Gasteiger partial charge in [0.05, 0.1) is 5.54 Å². The minimum atomic E-state index is -0.603. The van der Waals surface area contributed by atoms with Gasteiger partial charge in [0.15, 0.2) is 0 Å². The van der Waals surface area contributed by atoms with Gasteiger partial charge < -0.3 is 11.1 Å². The van der Waals surface area contributed by atoms with E-state index < -0.39 is 5.54 Å². The highest BCUT2D eigenvalue weighted by molar-refractivity contribution is 5.89. The Labute approximate surface area is 131 Å². The van der Waals surface area contributed by atoms with Crippen LogP contribution in [-0.2, 0) is 11.2 Å². The molecule has 0 heterocycles. The Morgan fingerprint density at radius 1 is 1.05 bits per heavy atom. The third kappa shape index (κ3) is 3.55. The molecule has 1 amide bonds. The number of rotatable bonds is 6. The lowest BCUT2D eigenvalue weighted by Gasteiger charge is -2.20. The van der Waals surface area contributed by atoms with E-state index in [1.54, 1.807) is 0 Å². The van der Waals surface area contributed by atoms with Crippen molar-refractivity contribution in [2.75, 3.05) is 6.54 Å². The molecule has 22 heavy (non-hydrogen) atoms. The van der Waals surface area contributed by atoms with E-state index >= 15 is 0 Å². The first-order valence-electron chi connectivity index (χ1n) is 7.83. The van der Waals surface area contributed by atoms with Crippen molar-refractivity contribution in [2.24, 2.45) is 5.73 Å². The summed E-state index contributed by atoms with van der Waals surface area (Å²) in [6, 6.07) is 20.7. The fourth-order valence-electron chi connectivity index (χ4n) is 2.69. The molecule has 114 valence electrons. The highest BCUT2D eigenvalue weighted by atomic mass is 16.2. The first kappa shape index (κ1) is 14.8. The molecule has 0 aliphatic heterocycles. The van der Waals surface area contributed by atoms with Crippen LogP contribution in [0.3, 0.4) is 0 Å². The average Bonchev–Trinajstić information content (AvgIpc) is 3.32. The van der Waals surface area contributed by atoms with Gasteiger partial charge in [-0.05, 0) is 30.4 Å². The molecule has 1 aliphatic carbocycles. The second-order valence-electron chi connectivity index (χ2n) is 6.16. The Morgan fingerprint density at radius 3 is 2.23 bits per heavy atom. The summed E-state index contributed by atoms with van der Waals surface area (Å²) in [6.07, 6.45) is 2.50. The summed E-state index contributed by atoms with van der Waals surface area (Å²) in [6.45, 7) is 0.622. The van der Waals surface area contributed by atoms with Gasteiger partial charge >= 0.3 is 0 Å². The quantitative estimate of drug-likeness (QED) is 0.860. The van der Waals surface area contributed by atoms with Crippen molar-refractivity contribution in [3.63, 3.8) is 0 Å². The van der Waals surface area contributed by atoms with E-state index in [-0.39, 0.29) is 11.8 Å². The third-order valence-corrected chi connectivity index (χ3v) is 4.35. The number of carbonyl (C=O) groups excluding carboxylic acids is 1. The molecule has 2 aromatic rings. The van der Waals surface area contributed by atoms with Crippen LogP contribution in [0, 0.1) is 0 Å². The normalized spacial score (nSPS) is 16.8. The van der Waals surface area contributed by atoms with Crippen molar-refractivity contribution in [1.82, 2.24) is 5.32 Å². The van der Waals surface area contributed by atoms with Crippen molar-refractivity contribution in [1.29, 1.82) is 0 Å². The molecule has 1 unspecified atom stereocenters. The van der Waals surface area contributed by atoms with Gasteiger partial charge in [0.25, 0.3) is 0 Å². The summed E-state index contributed by atoms with van der Waals surface area (Å²) >= 11 is 0.